The van der Waals surface area contributed by atoms with Gasteiger partial charge in [0.2, 0.25) is 0 Å². The monoisotopic (exact) mass is 434 g/mol. The molecule has 2 aromatic rings. The Balaban J connectivity index is 0.00000242. The molecule has 0 saturated heterocycles. The maximum absolute atomic E-state index is 4.33. The van der Waals surface area contributed by atoms with Crippen molar-refractivity contribution >= 4 is 41.3 Å². The molecule has 22 heavy (non-hydrogen) atoms. The minimum atomic E-state index is 0. The third-order valence-corrected chi connectivity index (χ3v) is 3.89. The Morgan fingerprint density at radius 2 is 2.27 bits per heavy atom. The Morgan fingerprint density at radius 1 is 1.45 bits per heavy atom. The summed E-state index contributed by atoms with van der Waals surface area (Å²) in [7, 11) is 1.78. The van der Waals surface area contributed by atoms with Gasteiger partial charge in [-0.2, -0.15) is 5.10 Å². The lowest BCUT2D eigenvalue weighted by atomic mass is 10.2. The highest BCUT2D eigenvalue weighted by atomic mass is 127. The standard InChI is InChI=1S/C14H22N6S.HI/c1-11(10-20-6-4-5-19-20)7-17-14(15-3)18-9-13-16-8-12(2)21-13;/h4-6,8,11H,7,9-10H2,1-3H3,(H2,15,17,18);1H. The zero-order chi connectivity index (χ0) is 15.1. The van der Waals surface area contributed by atoms with Crippen molar-refractivity contribution in [3.63, 3.8) is 0 Å². The maximum atomic E-state index is 4.33. The summed E-state index contributed by atoms with van der Waals surface area (Å²) in [6, 6.07) is 1.94. The second-order valence-corrected chi connectivity index (χ2v) is 6.32. The number of aromatic nitrogens is 3. The molecule has 2 N–H and O–H groups in total. The molecular weight excluding hydrogens is 411 g/mol. The lowest BCUT2D eigenvalue weighted by molar-refractivity contribution is 0.443. The molecule has 0 saturated carbocycles. The molecule has 0 amide bonds. The van der Waals surface area contributed by atoms with Crippen molar-refractivity contribution in [3.05, 3.63) is 34.5 Å². The van der Waals surface area contributed by atoms with Crippen molar-refractivity contribution in [2.45, 2.75) is 26.9 Å². The first-order valence-corrected chi connectivity index (χ1v) is 7.82. The quantitative estimate of drug-likeness (QED) is 0.416. The van der Waals surface area contributed by atoms with E-state index in [2.05, 4.69) is 39.6 Å². The van der Waals surface area contributed by atoms with Gasteiger partial charge in [0.05, 0.1) is 6.54 Å². The van der Waals surface area contributed by atoms with E-state index >= 15 is 0 Å². The van der Waals surface area contributed by atoms with Gasteiger partial charge in [0, 0.05) is 43.6 Å². The topological polar surface area (TPSA) is 67.1 Å². The van der Waals surface area contributed by atoms with Crippen molar-refractivity contribution < 1.29 is 0 Å². The van der Waals surface area contributed by atoms with Crippen LogP contribution in [0.3, 0.4) is 0 Å². The molecule has 2 aromatic heterocycles. The van der Waals surface area contributed by atoms with Crippen LogP contribution in [0.4, 0.5) is 0 Å². The number of hydrogen-bond acceptors (Lipinski definition) is 4. The summed E-state index contributed by atoms with van der Waals surface area (Å²) in [4.78, 5) is 9.78. The molecule has 122 valence electrons. The fraction of sp³-hybridized carbons (Fsp3) is 0.500. The van der Waals surface area contributed by atoms with Crippen LogP contribution in [0.15, 0.2) is 29.6 Å². The summed E-state index contributed by atoms with van der Waals surface area (Å²) in [6.45, 7) is 6.68. The zero-order valence-electron chi connectivity index (χ0n) is 13.1. The lowest BCUT2D eigenvalue weighted by Crippen LogP contribution is -2.39. The SMILES string of the molecule is CN=C(NCc1ncc(C)s1)NCC(C)Cn1cccn1.I. The average molecular weight is 434 g/mol. The van der Waals surface area contributed by atoms with Crippen molar-refractivity contribution in [3.8, 4) is 0 Å². The number of nitrogens with zero attached hydrogens (tertiary/aromatic N) is 4. The average Bonchev–Trinajstić information content (AvgIpc) is 3.11. The molecular formula is C14H23IN6S. The summed E-state index contributed by atoms with van der Waals surface area (Å²) in [5.74, 6) is 1.26. The van der Waals surface area contributed by atoms with E-state index in [1.807, 2.05) is 23.1 Å². The van der Waals surface area contributed by atoms with Crippen LogP contribution in [0, 0.1) is 12.8 Å². The molecule has 0 aromatic carbocycles. The number of thiazole rings is 1. The molecule has 0 bridgehead atoms. The largest absolute Gasteiger partial charge is 0.356 e. The van der Waals surface area contributed by atoms with Gasteiger partial charge in [0.25, 0.3) is 0 Å². The molecule has 0 fully saturated rings. The van der Waals surface area contributed by atoms with Gasteiger partial charge >= 0.3 is 0 Å². The van der Waals surface area contributed by atoms with Crippen LogP contribution in [0.1, 0.15) is 16.8 Å². The predicted molar refractivity (Wildman–Crippen MR) is 102 cm³/mol. The highest BCUT2D eigenvalue weighted by molar-refractivity contribution is 14.0. The van der Waals surface area contributed by atoms with Crippen LogP contribution in [-0.2, 0) is 13.1 Å². The van der Waals surface area contributed by atoms with Crippen molar-refractivity contribution in [2.24, 2.45) is 10.9 Å². The second-order valence-electron chi connectivity index (χ2n) is 5.00. The Bertz CT molecular complexity index is 566. The second kappa shape index (κ2) is 9.78. The van der Waals surface area contributed by atoms with E-state index in [1.54, 1.807) is 24.6 Å². The molecule has 1 atom stereocenters. The summed E-state index contributed by atoms with van der Waals surface area (Å²) in [6.07, 6.45) is 5.68. The van der Waals surface area contributed by atoms with Gasteiger partial charge in [-0.3, -0.25) is 9.67 Å². The highest BCUT2D eigenvalue weighted by Gasteiger charge is 2.06. The van der Waals surface area contributed by atoms with Crippen LogP contribution >= 0.6 is 35.3 Å². The molecule has 2 heterocycles. The zero-order valence-corrected chi connectivity index (χ0v) is 16.3. The van der Waals surface area contributed by atoms with Gasteiger partial charge in [-0.05, 0) is 18.9 Å². The first-order valence-electron chi connectivity index (χ1n) is 7.00. The van der Waals surface area contributed by atoms with E-state index in [4.69, 9.17) is 0 Å². The Kier molecular flexibility index (Phi) is 8.39. The van der Waals surface area contributed by atoms with Gasteiger partial charge in [0.1, 0.15) is 5.01 Å². The van der Waals surface area contributed by atoms with E-state index < -0.39 is 0 Å². The number of rotatable bonds is 6. The summed E-state index contributed by atoms with van der Waals surface area (Å²) < 4.78 is 1.95. The predicted octanol–water partition coefficient (Wildman–Crippen LogP) is 2.27. The van der Waals surface area contributed by atoms with Gasteiger partial charge in [-0.1, -0.05) is 6.92 Å². The smallest absolute Gasteiger partial charge is 0.191 e. The van der Waals surface area contributed by atoms with Gasteiger partial charge < -0.3 is 10.6 Å². The number of aliphatic imine (C=N–C) groups is 1. The molecule has 0 aliphatic rings. The minimum absolute atomic E-state index is 0. The van der Waals surface area contributed by atoms with Crippen LogP contribution in [0.2, 0.25) is 0 Å². The van der Waals surface area contributed by atoms with Gasteiger partial charge in [-0.15, -0.1) is 35.3 Å². The summed E-state index contributed by atoms with van der Waals surface area (Å²) in [5.41, 5.74) is 0. The number of hydrogen-bond donors (Lipinski definition) is 2. The highest BCUT2D eigenvalue weighted by Crippen LogP contribution is 2.10. The molecule has 1 unspecified atom stereocenters. The Labute approximate surface area is 152 Å². The van der Waals surface area contributed by atoms with Crippen LogP contribution < -0.4 is 10.6 Å². The van der Waals surface area contributed by atoms with Gasteiger partial charge in [-0.25, -0.2) is 4.98 Å². The molecule has 6 nitrogen and oxygen atoms in total. The number of halogens is 1. The van der Waals surface area contributed by atoms with E-state index in [-0.39, 0.29) is 24.0 Å². The number of aryl methyl sites for hydroxylation is 1. The van der Waals surface area contributed by atoms with E-state index in [9.17, 15) is 0 Å². The molecule has 2 rings (SSSR count). The molecule has 8 heteroatoms. The number of nitrogens with one attached hydrogen (secondary N) is 2. The van der Waals surface area contributed by atoms with Crippen molar-refractivity contribution in [1.29, 1.82) is 0 Å². The van der Waals surface area contributed by atoms with Crippen LogP contribution in [-0.4, -0.2) is 34.3 Å². The van der Waals surface area contributed by atoms with Crippen LogP contribution in [0.5, 0.6) is 0 Å². The van der Waals surface area contributed by atoms with E-state index in [1.165, 1.54) is 4.88 Å². The fourth-order valence-electron chi connectivity index (χ4n) is 1.93. The lowest BCUT2D eigenvalue weighted by Gasteiger charge is -2.15. The van der Waals surface area contributed by atoms with E-state index in [0.717, 1.165) is 24.1 Å². The first-order chi connectivity index (χ1) is 10.2. The molecule has 0 aliphatic carbocycles. The van der Waals surface area contributed by atoms with E-state index in [0.29, 0.717) is 12.5 Å². The first kappa shape index (κ1) is 18.9. The molecule has 0 aliphatic heterocycles. The Morgan fingerprint density at radius 3 is 2.86 bits per heavy atom. The minimum Gasteiger partial charge on any atom is -0.356 e. The fourth-order valence-corrected chi connectivity index (χ4v) is 2.65. The molecule has 0 radical (unpaired) electrons. The third-order valence-electron chi connectivity index (χ3n) is 2.98. The third kappa shape index (κ3) is 6.30. The normalized spacial score (nSPS) is 12.6. The van der Waals surface area contributed by atoms with Gasteiger partial charge in [0.15, 0.2) is 5.96 Å². The van der Waals surface area contributed by atoms with Crippen molar-refractivity contribution in [1.82, 2.24) is 25.4 Å². The van der Waals surface area contributed by atoms with Crippen LogP contribution in [0.25, 0.3) is 0 Å². The molecule has 0 spiro atoms. The Hall–Kier alpha value is -1.16. The summed E-state index contributed by atoms with van der Waals surface area (Å²) in [5, 5.41) is 11.9. The van der Waals surface area contributed by atoms with Crippen molar-refractivity contribution in [2.75, 3.05) is 13.6 Å². The maximum Gasteiger partial charge on any atom is 0.191 e. The number of guanidine groups is 1. The summed E-state index contributed by atoms with van der Waals surface area (Å²) >= 11 is 1.70.